The van der Waals surface area contributed by atoms with E-state index in [9.17, 15) is 0 Å². The molecule has 1 aliphatic carbocycles. The molecule has 0 amide bonds. The molecule has 3 aromatic heterocycles. The first-order valence-corrected chi connectivity index (χ1v) is 17.8. The molecule has 7 aromatic carbocycles. The zero-order chi connectivity index (χ0) is 34.9. The molecule has 0 radical (unpaired) electrons. The summed E-state index contributed by atoms with van der Waals surface area (Å²) in [5.41, 5.74) is 11.8. The molecule has 246 valence electrons. The molecule has 0 fully saturated rings. The molecule has 0 aliphatic heterocycles. The van der Waals surface area contributed by atoms with Gasteiger partial charge in [-0.05, 0) is 62.4 Å². The first-order chi connectivity index (χ1) is 26.3. The van der Waals surface area contributed by atoms with Gasteiger partial charge in [-0.25, -0.2) is 19.9 Å². The summed E-state index contributed by atoms with van der Waals surface area (Å²) in [4.78, 5) is 20.8. The standard InChI is InChI=1S/C48H29N5/c1-4-14-30(15-5-1)34-28-29-49-48(43(34)47-51-45(32-16-6-2-7-17-32)50-46(52-47)33-18-8-3-9-19-33)53-39-25-13-24-38-36-22-11-10-21-35(36)37-23-12-20-31-26-27-40(53)44(41(31)37)42(38)39/h1-29H. The summed E-state index contributed by atoms with van der Waals surface area (Å²) in [5, 5.41) is 4.91. The van der Waals surface area contributed by atoms with Crippen LogP contribution in [0.3, 0.4) is 0 Å². The van der Waals surface area contributed by atoms with Gasteiger partial charge in [-0.1, -0.05) is 152 Å². The highest BCUT2D eigenvalue weighted by molar-refractivity contribution is 6.30. The van der Waals surface area contributed by atoms with E-state index in [1.54, 1.807) is 0 Å². The monoisotopic (exact) mass is 675 g/mol. The smallest absolute Gasteiger partial charge is 0.168 e. The van der Waals surface area contributed by atoms with E-state index in [4.69, 9.17) is 19.9 Å². The van der Waals surface area contributed by atoms with Crippen molar-refractivity contribution < 1.29 is 0 Å². The minimum atomic E-state index is 0.560. The van der Waals surface area contributed by atoms with E-state index in [1.807, 2.05) is 72.9 Å². The van der Waals surface area contributed by atoms with Crippen LogP contribution in [0.25, 0.3) is 106 Å². The van der Waals surface area contributed by atoms with Gasteiger partial charge in [-0.3, -0.25) is 4.57 Å². The average molecular weight is 676 g/mol. The van der Waals surface area contributed by atoms with Gasteiger partial charge in [-0.2, -0.15) is 0 Å². The van der Waals surface area contributed by atoms with Crippen molar-refractivity contribution in [3.63, 3.8) is 0 Å². The van der Waals surface area contributed by atoms with Crippen molar-refractivity contribution in [2.24, 2.45) is 0 Å². The molecule has 0 unspecified atom stereocenters. The fourth-order valence-electron chi connectivity index (χ4n) is 8.18. The van der Waals surface area contributed by atoms with Gasteiger partial charge in [0, 0.05) is 28.1 Å². The molecule has 0 bridgehead atoms. The normalized spacial score (nSPS) is 11.8. The summed E-state index contributed by atoms with van der Waals surface area (Å²) in [6.45, 7) is 0. The summed E-state index contributed by atoms with van der Waals surface area (Å²) in [5.74, 6) is 2.53. The minimum absolute atomic E-state index is 0.560. The third kappa shape index (κ3) is 4.51. The van der Waals surface area contributed by atoms with Crippen LogP contribution in [0.2, 0.25) is 0 Å². The predicted octanol–water partition coefficient (Wildman–Crippen LogP) is 11.8. The van der Waals surface area contributed by atoms with E-state index in [2.05, 4.69) is 108 Å². The molecule has 11 rings (SSSR count). The fourth-order valence-corrected chi connectivity index (χ4v) is 8.18. The van der Waals surface area contributed by atoms with Crippen LogP contribution in [-0.2, 0) is 0 Å². The van der Waals surface area contributed by atoms with E-state index < -0.39 is 0 Å². The van der Waals surface area contributed by atoms with Crippen LogP contribution in [0.4, 0.5) is 0 Å². The van der Waals surface area contributed by atoms with Gasteiger partial charge in [0.25, 0.3) is 0 Å². The SMILES string of the molecule is c1ccc(-c2nc(-c3ccccc3)nc(-c3c(-c4ccccc4)ccnc3-n3c4cccc5c4c4c6c(cccc6ccc43)-c3ccccc3-5)n2)cc1. The fraction of sp³-hybridized carbons (Fsp3) is 0. The molecule has 10 aromatic rings. The van der Waals surface area contributed by atoms with Crippen molar-refractivity contribution in [2.75, 3.05) is 0 Å². The number of rotatable bonds is 5. The maximum Gasteiger partial charge on any atom is 0.168 e. The minimum Gasteiger partial charge on any atom is -0.293 e. The van der Waals surface area contributed by atoms with Crippen LogP contribution in [0.15, 0.2) is 176 Å². The number of benzene rings is 7. The van der Waals surface area contributed by atoms with E-state index in [-0.39, 0.29) is 0 Å². The highest BCUT2D eigenvalue weighted by Gasteiger charge is 2.28. The second-order valence-electron chi connectivity index (χ2n) is 13.4. The number of hydrogen-bond acceptors (Lipinski definition) is 4. The van der Waals surface area contributed by atoms with Gasteiger partial charge in [0.2, 0.25) is 0 Å². The third-order valence-corrected chi connectivity index (χ3v) is 10.5. The van der Waals surface area contributed by atoms with Crippen LogP contribution >= 0.6 is 0 Å². The summed E-state index contributed by atoms with van der Waals surface area (Å²) < 4.78 is 2.33. The Balaban J connectivity index is 1.30. The van der Waals surface area contributed by atoms with Crippen LogP contribution < -0.4 is 0 Å². The molecule has 1 aliphatic rings. The van der Waals surface area contributed by atoms with Gasteiger partial charge < -0.3 is 0 Å². The number of fused-ring (bicyclic) bond motifs is 3. The molecular formula is C48H29N5. The number of hydrogen-bond donors (Lipinski definition) is 0. The molecule has 5 nitrogen and oxygen atoms in total. The Morgan fingerprint density at radius 3 is 1.53 bits per heavy atom. The largest absolute Gasteiger partial charge is 0.293 e. The molecule has 0 saturated carbocycles. The quantitative estimate of drug-likeness (QED) is 0.182. The lowest BCUT2D eigenvalue weighted by Crippen LogP contribution is -2.07. The third-order valence-electron chi connectivity index (χ3n) is 10.5. The van der Waals surface area contributed by atoms with E-state index in [0.717, 1.165) is 44.7 Å². The maximum absolute atomic E-state index is 5.26. The topological polar surface area (TPSA) is 56.5 Å². The Kier molecular flexibility index (Phi) is 6.48. The first kappa shape index (κ1) is 29.5. The number of nitrogens with zero attached hydrogens (tertiary/aromatic N) is 5. The molecule has 5 heteroatoms. The second kappa shape index (κ2) is 11.7. The van der Waals surface area contributed by atoms with Crippen molar-refractivity contribution in [1.82, 2.24) is 24.5 Å². The van der Waals surface area contributed by atoms with E-state index in [1.165, 1.54) is 43.8 Å². The van der Waals surface area contributed by atoms with Crippen molar-refractivity contribution in [3.8, 4) is 73.4 Å². The predicted molar refractivity (Wildman–Crippen MR) is 216 cm³/mol. The zero-order valence-corrected chi connectivity index (χ0v) is 28.5. The lowest BCUT2D eigenvalue weighted by molar-refractivity contribution is 1.04. The molecular weight excluding hydrogens is 647 g/mol. The van der Waals surface area contributed by atoms with Crippen LogP contribution in [0, 0.1) is 0 Å². The van der Waals surface area contributed by atoms with Crippen molar-refractivity contribution >= 4 is 32.6 Å². The Labute approximate surface area is 305 Å². The van der Waals surface area contributed by atoms with Crippen molar-refractivity contribution in [2.45, 2.75) is 0 Å². The van der Waals surface area contributed by atoms with Gasteiger partial charge in [0.15, 0.2) is 17.5 Å². The Morgan fingerprint density at radius 1 is 0.340 bits per heavy atom. The van der Waals surface area contributed by atoms with Crippen LogP contribution in [0.1, 0.15) is 0 Å². The molecule has 53 heavy (non-hydrogen) atoms. The lowest BCUT2D eigenvalue weighted by atomic mass is 9.93. The maximum atomic E-state index is 5.26. The number of pyridine rings is 1. The zero-order valence-electron chi connectivity index (χ0n) is 28.5. The van der Waals surface area contributed by atoms with Gasteiger partial charge in [0.05, 0.1) is 16.6 Å². The molecule has 0 N–H and O–H groups in total. The molecule has 3 heterocycles. The summed E-state index contributed by atoms with van der Waals surface area (Å²) in [6, 6.07) is 59.4. The Bertz CT molecular complexity index is 2980. The second-order valence-corrected chi connectivity index (χ2v) is 13.4. The van der Waals surface area contributed by atoms with Crippen LogP contribution in [-0.4, -0.2) is 24.5 Å². The Morgan fingerprint density at radius 2 is 0.868 bits per heavy atom. The van der Waals surface area contributed by atoms with E-state index >= 15 is 0 Å². The van der Waals surface area contributed by atoms with Gasteiger partial charge >= 0.3 is 0 Å². The molecule has 0 saturated heterocycles. The summed E-state index contributed by atoms with van der Waals surface area (Å²) >= 11 is 0. The summed E-state index contributed by atoms with van der Waals surface area (Å²) in [6.07, 6.45) is 1.91. The Hall–Kier alpha value is -7.24. The van der Waals surface area contributed by atoms with Crippen molar-refractivity contribution in [1.29, 1.82) is 0 Å². The number of aromatic nitrogens is 5. The van der Waals surface area contributed by atoms with Crippen molar-refractivity contribution in [3.05, 3.63) is 176 Å². The summed E-state index contributed by atoms with van der Waals surface area (Å²) in [7, 11) is 0. The first-order valence-electron chi connectivity index (χ1n) is 17.8. The highest BCUT2D eigenvalue weighted by atomic mass is 15.1. The van der Waals surface area contributed by atoms with E-state index in [0.29, 0.717) is 17.5 Å². The molecule has 0 atom stereocenters. The van der Waals surface area contributed by atoms with Crippen LogP contribution in [0.5, 0.6) is 0 Å². The molecule has 0 spiro atoms. The highest BCUT2D eigenvalue weighted by Crippen LogP contribution is 2.50. The van der Waals surface area contributed by atoms with Gasteiger partial charge in [0.1, 0.15) is 5.82 Å². The lowest BCUT2D eigenvalue weighted by Gasteiger charge is -2.18. The average Bonchev–Trinajstić information content (AvgIpc) is 3.52. The van der Waals surface area contributed by atoms with Gasteiger partial charge in [-0.15, -0.1) is 0 Å².